The summed E-state index contributed by atoms with van der Waals surface area (Å²) in [6.07, 6.45) is 0.567. The highest BCUT2D eigenvalue weighted by molar-refractivity contribution is 7.89. The van der Waals surface area contributed by atoms with E-state index in [1.54, 1.807) is 6.92 Å². The lowest BCUT2D eigenvalue weighted by atomic mass is 10.1. The number of nitrogens with zero attached hydrogens (tertiary/aromatic N) is 1. The highest BCUT2D eigenvalue weighted by atomic mass is 32.2. The predicted octanol–water partition coefficient (Wildman–Crippen LogP) is 3.33. The van der Waals surface area contributed by atoms with Gasteiger partial charge < -0.3 is 0 Å². The maximum Gasteiger partial charge on any atom is 0.270 e. The van der Waals surface area contributed by atoms with Gasteiger partial charge in [0, 0.05) is 18.2 Å². The Morgan fingerprint density at radius 2 is 1.83 bits per heavy atom. The van der Waals surface area contributed by atoms with Gasteiger partial charge in [0.15, 0.2) is 0 Å². The van der Waals surface area contributed by atoms with E-state index in [-0.39, 0.29) is 16.6 Å². The van der Waals surface area contributed by atoms with E-state index in [4.69, 9.17) is 0 Å². The highest BCUT2D eigenvalue weighted by Gasteiger charge is 2.24. The summed E-state index contributed by atoms with van der Waals surface area (Å²) in [5.41, 5.74) is 1.07. The molecule has 0 aliphatic rings. The number of non-ortho nitro benzene ring substituents is 1. The number of rotatable bonds is 6. The number of hydrogen-bond donors (Lipinski definition) is 1. The maximum atomic E-state index is 12.6. The van der Waals surface area contributed by atoms with Crippen molar-refractivity contribution in [1.82, 2.24) is 4.72 Å². The van der Waals surface area contributed by atoms with Gasteiger partial charge >= 0.3 is 0 Å². The van der Waals surface area contributed by atoms with Crippen molar-refractivity contribution in [1.29, 1.82) is 0 Å². The van der Waals surface area contributed by atoms with E-state index in [0.717, 1.165) is 11.6 Å². The largest absolute Gasteiger partial charge is 0.270 e. The lowest BCUT2D eigenvalue weighted by molar-refractivity contribution is -0.385. The third-order valence-corrected chi connectivity index (χ3v) is 5.19. The van der Waals surface area contributed by atoms with Gasteiger partial charge in [-0.15, -0.1) is 0 Å². The monoisotopic (exact) mass is 334 g/mol. The van der Waals surface area contributed by atoms with E-state index >= 15 is 0 Å². The van der Waals surface area contributed by atoms with Gasteiger partial charge in [-0.3, -0.25) is 10.1 Å². The highest BCUT2D eigenvalue weighted by Crippen LogP contribution is 2.25. The van der Waals surface area contributed by atoms with E-state index in [0.29, 0.717) is 12.0 Å². The van der Waals surface area contributed by atoms with Crippen LogP contribution in [0.4, 0.5) is 5.69 Å². The zero-order valence-electron chi connectivity index (χ0n) is 12.9. The van der Waals surface area contributed by atoms with Crippen LogP contribution in [-0.2, 0) is 10.0 Å². The molecule has 2 aromatic rings. The number of sulfonamides is 1. The number of nitro groups is 1. The molecule has 2 rings (SSSR count). The Morgan fingerprint density at radius 3 is 2.39 bits per heavy atom. The molecule has 0 fully saturated rings. The van der Waals surface area contributed by atoms with Crippen LogP contribution in [0.1, 0.15) is 30.5 Å². The standard InChI is InChI=1S/C16H18N2O4S/c1-3-15(13-7-5-4-6-8-13)17-23(21,22)16-11-14(18(19)20)10-9-12(16)2/h4-11,15,17H,3H2,1-2H3/t15-/m0/s1. The first-order chi connectivity index (χ1) is 10.8. The van der Waals surface area contributed by atoms with Crippen molar-refractivity contribution in [3.63, 3.8) is 0 Å². The molecular formula is C16H18N2O4S. The maximum absolute atomic E-state index is 12.6. The molecular weight excluding hydrogens is 316 g/mol. The zero-order valence-corrected chi connectivity index (χ0v) is 13.7. The van der Waals surface area contributed by atoms with Crippen molar-refractivity contribution in [2.45, 2.75) is 31.2 Å². The Hall–Kier alpha value is -2.25. The first-order valence-corrected chi connectivity index (χ1v) is 8.65. The summed E-state index contributed by atoms with van der Waals surface area (Å²) >= 11 is 0. The van der Waals surface area contributed by atoms with Crippen molar-refractivity contribution in [2.24, 2.45) is 0 Å². The molecule has 0 radical (unpaired) electrons. The van der Waals surface area contributed by atoms with Crippen LogP contribution < -0.4 is 4.72 Å². The molecule has 0 spiro atoms. The minimum atomic E-state index is -3.86. The van der Waals surface area contributed by atoms with Gasteiger partial charge in [-0.2, -0.15) is 0 Å². The molecule has 0 amide bonds. The van der Waals surface area contributed by atoms with E-state index in [2.05, 4.69) is 4.72 Å². The van der Waals surface area contributed by atoms with E-state index < -0.39 is 14.9 Å². The van der Waals surface area contributed by atoms with Crippen LogP contribution >= 0.6 is 0 Å². The second-order valence-electron chi connectivity index (χ2n) is 5.20. The molecule has 0 aliphatic heterocycles. The second-order valence-corrected chi connectivity index (χ2v) is 6.88. The van der Waals surface area contributed by atoms with Crippen molar-refractivity contribution in [2.75, 3.05) is 0 Å². The average molecular weight is 334 g/mol. The van der Waals surface area contributed by atoms with Gasteiger partial charge in [-0.25, -0.2) is 13.1 Å². The van der Waals surface area contributed by atoms with Crippen LogP contribution in [0.25, 0.3) is 0 Å². The summed E-state index contributed by atoms with van der Waals surface area (Å²) in [4.78, 5) is 10.2. The molecule has 0 bridgehead atoms. The van der Waals surface area contributed by atoms with Gasteiger partial charge in [0.2, 0.25) is 10.0 Å². The van der Waals surface area contributed by atoms with Gasteiger partial charge in [0.05, 0.1) is 9.82 Å². The molecule has 23 heavy (non-hydrogen) atoms. The Bertz CT molecular complexity index is 804. The topological polar surface area (TPSA) is 89.3 Å². The lowest BCUT2D eigenvalue weighted by Crippen LogP contribution is -2.29. The molecule has 7 heteroatoms. The molecule has 0 saturated carbocycles. The molecule has 0 aliphatic carbocycles. The lowest BCUT2D eigenvalue weighted by Gasteiger charge is -2.18. The number of aryl methyl sites for hydroxylation is 1. The first-order valence-electron chi connectivity index (χ1n) is 7.17. The van der Waals surface area contributed by atoms with Crippen LogP contribution in [0, 0.1) is 17.0 Å². The predicted molar refractivity (Wildman–Crippen MR) is 87.6 cm³/mol. The molecule has 1 atom stereocenters. The van der Waals surface area contributed by atoms with Crippen LogP contribution in [0.2, 0.25) is 0 Å². The van der Waals surface area contributed by atoms with Gasteiger partial charge in [0.1, 0.15) is 0 Å². The SMILES string of the molecule is CC[C@H](NS(=O)(=O)c1cc([N+](=O)[O-])ccc1C)c1ccccc1. The summed E-state index contributed by atoms with van der Waals surface area (Å²) in [5.74, 6) is 0. The number of nitro benzene ring substituents is 1. The third-order valence-electron chi connectivity index (χ3n) is 3.58. The summed E-state index contributed by atoms with van der Waals surface area (Å²) < 4.78 is 27.9. The summed E-state index contributed by atoms with van der Waals surface area (Å²) in [6, 6.07) is 12.7. The molecule has 6 nitrogen and oxygen atoms in total. The fourth-order valence-electron chi connectivity index (χ4n) is 2.32. The van der Waals surface area contributed by atoms with Crippen molar-refractivity contribution >= 4 is 15.7 Å². The van der Waals surface area contributed by atoms with Crippen LogP contribution in [0.3, 0.4) is 0 Å². The number of hydrogen-bond acceptors (Lipinski definition) is 4. The fourth-order valence-corrected chi connectivity index (χ4v) is 3.89. The molecule has 2 aromatic carbocycles. The first kappa shape index (κ1) is 17.1. The normalized spacial score (nSPS) is 12.8. The molecule has 0 saturated heterocycles. The van der Waals surface area contributed by atoms with Crippen molar-refractivity contribution in [3.8, 4) is 0 Å². The summed E-state index contributed by atoms with van der Waals surface area (Å²) in [7, 11) is -3.86. The third kappa shape index (κ3) is 3.94. The van der Waals surface area contributed by atoms with Crippen molar-refractivity contribution < 1.29 is 13.3 Å². The van der Waals surface area contributed by atoms with Crippen LogP contribution in [-0.4, -0.2) is 13.3 Å². The zero-order chi connectivity index (χ0) is 17.0. The quantitative estimate of drug-likeness (QED) is 0.648. The molecule has 122 valence electrons. The Kier molecular flexibility index (Phi) is 5.12. The van der Waals surface area contributed by atoms with E-state index in [1.807, 2.05) is 37.3 Å². The minimum absolute atomic E-state index is 0.0684. The smallest absolute Gasteiger partial charge is 0.258 e. The van der Waals surface area contributed by atoms with Crippen molar-refractivity contribution in [3.05, 3.63) is 69.8 Å². The van der Waals surface area contributed by atoms with E-state index in [1.165, 1.54) is 12.1 Å². The van der Waals surface area contributed by atoms with Gasteiger partial charge in [-0.05, 0) is 24.5 Å². The Morgan fingerprint density at radius 1 is 1.17 bits per heavy atom. The molecule has 1 N–H and O–H groups in total. The molecule has 0 unspecified atom stereocenters. The number of nitrogens with one attached hydrogen (secondary N) is 1. The minimum Gasteiger partial charge on any atom is -0.258 e. The summed E-state index contributed by atoms with van der Waals surface area (Å²) in [5, 5.41) is 10.9. The van der Waals surface area contributed by atoms with Crippen LogP contribution in [0.5, 0.6) is 0 Å². The Labute approximate surface area is 135 Å². The molecule has 0 heterocycles. The van der Waals surface area contributed by atoms with Gasteiger partial charge in [0.25, 0.3) is 5.69 Å². The fraction of sp³-hybridized carbons (Fsp3) is 0.250. The van der Waals surface area contributed by atoms with Gasteiger partial charge in [-0.1, -0.05) is 43.3 Å². The van der Waals surface area contributed by atoms with E-state index in [9.17, 15) is 18.5 Å². The average Bonchev–Trinajstić information content (AvgIpc) is 2.53. The number of benzene rings is 2. The molecule has 0 aromatic heterocycles. The second kappa shape index (κ2) is 6.89. The summed E-state index contributed by atoms with van der Waals surface area (Å²) in [6.45, 7) is 3.49. The van der Waals surface area contributed by atoms with Crippen LogP contribution in [0.15, 0.2) is 53.4 Å². The Balaban J connectivity index is 2.38.